The molecule has 0 aromatic rings. The number of hydroxylamine groups is 2. The van der Waals surface area contributed by atoms with E-state index in [0.29, 0.717) is 19.7 Å². The van der Waals surface area contributed by atoms with Crippen molar-refractivity contribution in [3.63, 3.8) is 0 Å². The number of ketones is 1. The molecular weight excluding hydrogens is 184 g/mol. The fourth-order valence-corrected chi connectivity index (χ4v) is 1.96. The van der Waals surface area contributed by atoms with Gasteiger partial charge in [-0.05, 0) is 12.8 Å². The summed E-state index contributed by atoms with van der Waals surface area (Å²) in [6.07, 6.45) is 1.44. The lowest BCUT2D eigenvalue weighted by Gasteiger charge is -2.31. The topological polar surface area (TPSA) is 61.8 Å². The highest BCUT2D eigenvalue weighted by atomic mass is 16.5. The normalized spacial score (nSPS) is 34.6. The average molecular weight is 200 g/mol. The van der Waals surface area contributed by atoms with Gasteiger partial charge in [-0.1, -0.05) is 0 Å². The Hall–Kier alpha value is -0.490. The van der Waals surface area contributed by atoms with Crippen molar-refractivity contribution in [2.75, 3.05) is 26.2 Å². The number of rotatable bonds is 2. The largest absolute Gasteiger partial charge is 0.370 e. The maximum Gasteiger partial charge on any atom is 0.182 e. The summed E-state index contributed by atoms with van der Waals surface area (Å²) in [4.78, 5) is 11.8. The molecule has 2 fully saturated rings. The molecule has 5 heteroatoms. The highest BCUT2D eigenvalue weighted by Gasteiger charge is 2.34. The van der Waals surface area contributed by atoms with Crippen LogP contribution in [-0.4, -0.2) is 54.4 Å². The second-order valence-corrected chi connectivity index (χ2v) is 3.79. The Labute approximate surface area is 83.0 Å². The summed E-state index contributed by atoms with van der Waals surface area (Å²) in [7, 11) is 0. The van der Waals surface area contributed by atoms with Gasteiger partial charge in [0.2, 0.25) is 0 Å². The van der Waals surface area contributed by atoms with E-state index in [-0.39, 0.29) is 11.9 Å². The van der Waals surface area contributed by atoms with E-state index in [1.54, 1.807) is 0 Å². The van der Waals surface area contributed by atoms with Gasteiger partial charge in [-0.25, -0.2) is 0 Å². The minimum Gasteiger partial charge on any atom is -0.370 e. The highest BCUT2D eigenvalue weighted by molar-refractivity contribution is 5.88. The second-order valence-electron chi connectivity index (χ2n) is 3.79. The lowest BCUT2D eigenvalue weighted by atomic mass is 10.0. The molecule has 2 aliphatic rings. The van der Waals surface area contributed by atoms with Crippen LogP contribution in [0.15, 0.2) is 0 Å². The fraction of sp³-hybridized carbons (Fsp3) is 0.889. The minimum absolute atomic E-state index is 0.0113. The lowest BCUT2D eigenvalue weighted by molar-refractivity contribution is -0.164. The second kappa shape index (κ2) is 4.35. The first kappa shape index (κ1) is 10.0. The molecule has 0 spiro atoms. The number of nitrogens with one attached hydrogen (secondary N) is 1. The van der Waals surface area contributed by atoms with Gasteiger partial charge in [-0.2, -0.15) is 5.06 Å². The molecule has 2 unspecified atom stereocenters. The van der Waals surface area contributed by atoms with Gasteiger partial charge >= 0.3 is 0 Å². The Balaban J connectivity index is 1.94. The van der Waals surface area contributed by atoms with Crippen LogP contribution in [0.25, 0.3) is 0 Å². The molecule has 0 aromatic heterocycles. The zero-order chi connectivity index (χ0) is 9.97. The first-order valence-electron chi connectivity index (χ1n) is 5.10. The predicted molar refractivity (Wildman–Crippen MR) is 49.1 cm³/mol. The van der Waals surface area contributed by atoms with E-state index in [1.165, 1.54) is 0 Å². The number of carbonyl (C=O) groups is 1. The summed E-state index contributed by atoms with van der Waals surface area (Å²) in [5, 5.41) is 13.7. The molecule has 0 aromatic carbocycles. The summed E-state index contributed by atoms with van der Waals surface area (Å²) in [6, 6.07) is -0.424. The van der Waals surface area contributed by atoms with Crippen LogP contribution in [-0.2, 0) is 9.53 Å². The van der Waals surface area contributed by atoms with Crippen molar-refractivity contribution in [2.24, 2.45) is 0 Å². The van der Waals surface area contributed by atoms with Crippen molar-refractivity contribution in [3.8, 4) is 0 Å². The first-order chi connectivity index (χ1) is 6.79. The number of carbonyl (C=O) groups excluding carboxylic acids is 1. The van der Waals surface area contributed by atoms with Crippen LogP contribution in [0.2, 0.25) is 0 Å². The van der Waals surface area contributed by atoms with E-state index >= 15 is 0 Å². The van der Waals surface area contributed by atoms with Crippen LogP contribution >= 0.6 is 0 Å². The van der Waals surface area contributed by atoms with Crippen LogP contribution in [0.1, 0.15) is 12.8 Å². The van der Waals surface area contributed by atoms with Crippen LogP contribution in [0.4, 0.5) is 0 Å². The molecule has 2 atom stereocenters. The van der Waals surface area contributed by atoms with Crippen molar-refractivity contribution < 1.29 is 14.7 Å². The Bertz CT molecular complexity index is 216. The molecule has 2 aliphatic heterocycles. The monoisotopic (exact) mass is 200 g/mol. The number of piperazine rings is 1. The Morgan fingerprint density at radius 3 is 3.07 bits per heavy atom. The summed E-state index contributed by atoms with van der Waals surface area (Å²) in [5.41, 5.74) is 0. The highest BCUT2D eigenvalue weighted by Crippen LogP contribution is 2.16. The molecule has 14 heavy (non-hydrogen) atoms. The smallest absolute Gasteiger partial charge is 0.182 e. The van der Waals surface area contributed by atoms with Crippen LogP contribution < -0.4 is 5.32 Å². The summed E-state index contributed by atoms with van der Waals surface area (Å²) in [5.74, 6) is 0.0113. The maximum atomic E-state index is 11.8. The van der Waals surface area contributed by atoms with E-state index in [1.807, 2.05) is 0 Å². The van der Waals surface area contributed by atoms with Crippen molar-refractivity contribution in [1.29, 1.82) is 0 Å². The van der Waals surface area contributed by atoms with Crippen molar-refractivity contribution >= 4 is 5.78 Å². The van der Waals surface area contributed by atoms with Crippen LogP contribution in [0.3, 0.4) is 0 Å². The Morgan fingerprint density at radius 2 is 2.43 bits per heavy atom. The van der Waals surface area contributed by atoms with Gasteiger partial charge in [-0.15, -0.1) is 0 Å². The fourth-order valence-electron chi connectivity index (χ4n) is 1.96. The van der Waals surface area contributed by atoms with Crippen molar-refractivity contribution in [1.82, 2.24) is 10.4 Å². The van der Waals surface area contributed by atoms with E-state index in [4.69, 9.17) is 4.74 Å². The van der Waals surface area contributed by atoms with Gasteiger partial charge < -0.3 is 15.3 Å². The van der Waals surface area contributed by atoms with Crippen LogP contribution in [0.5, 0.6) is 0 Å². The van der Waals surface area contributed by atoms with Gasteiger partial charge in [0.15, 0.2) is 5.78 Å². The molecule has 2 saturated heterocycles. The number of Topliss-reactive ketones (excluding diaryl/α,β-unsaturated/α-hetero) is 1. The third-order valence-corrected chi connectivity index (χ3v) is 2.79. The molecule has 2 rings (SSSR count). The molecule has 0 bridgehead atoms. The molecule has 0 saturated carbocycles. The molecule has 2 N–H and O–H groups in total. The zero-order valence-corrected chi connectivity index (χ0v) is 8.11. The van der Waals surface area contributed by atoms with E-state index in [9.17, 15) is 10.0 Å². The van der Waals surface area contributed by atoms with E-state index in [2.05, 4.69) is 5.32 Å². The summed E-state index contributed by atoms with van der Waals surface area (Å²) >= 11 is 0. The summed E-state index contributed by atoms with van der Waals surface area (Å²) in [6.45, 7) is 2.42. The quantitative estimate of drug-likeness (QED) is 0.623. The molecule has 0 aliphatic carbocycles. The zero-order valence-electron chi connectivity index (χ0n) is 8.11. The van der Waals surface area contributed by atoms with E-state index in [0.717, 1.165) is 24.4 Å². The van der Waals surface area contributed by atoms with E-state index < -0.39 is 6.04 Å². The standard InChI is InChI=1S/C9H16N2O3/c12-9(8-2-1-5-14-8)7-6-10-3-4-11(7)13/h7-8,10,13H,1-6H2. The number of hydrogen-bond donors (Lipinski definition) is 2. The Kier molecular flexibility index (Phi) is 3.12. The number of hydrogen-bond acceptors (Lipinski definition) is 5. The SMILES string of the molecule is O=C(C1CCCO1)C1CNCCN1O. The molecule has 0 radical (unpaired) electrons. The predicted octanol–water partition coefficient (Wildman–Crippen LogP) is -0.602. The molecule has 2 heterocycles. The molecule has 0 amide bonds. The van der Waals surface area contributed by atoms with Crippen molar-refractivity contribution in [3.05, 3.63) is 0 Å². The van der Waals surface area contributed by atoms with Crippen LogP contribution in [0, 0.1) is 0 Å². The number of ether oxygens (including phenoxy) is 1. The van der Waals surface area contributed by atoms with Crippen molar-refractivity contribution in [2.45, 2.75) is 25.0 Å². The average Bonchev–Trinajstić information content (AvgIpc) is 2.70. The maximum absolute atomic E-state index is 11.8. The minimum atomic E-state index is -0.424. The van der Waals surface area contributed by atoms with Gasteiger partial charge in [0.25, 0.3) is 0 Å². The molecule has 80 valence electrons. The first-order valence-corrected chi connectivity index (χ1v) is 5.10. The molecular formula is C9H16N2O3. The molecule has 5 nitrogen and oxygen atoms in total. The number of nitrogens with zero attached hydrogens (tertiary/aromatic N) is 1. The van der Waals surface area contributed by atoms with Gasteiger partial charge in [0.05, 0.1) is 0 Å². The third-order valence-electron chi connectivity index (χ3n) is 2.79. The van der Waals surface area contributed by atoms with Gasteiger partial charge in [-0.3, -0.25) is 4.79 Å². The third kappa shape index (κ3) is 1.95. The summed E-state index contributed by atoms with van der Waals surface area (Å²) < 4.78 is 5.30. The Morgan fingerprint density at radius 1 is 1.57 bits per heavy atom. The lowest BCUT2D eigenvalue weighted by Crippen LogP contribution is -2.55. The van der Waals surface area contributed by atoms with Gasteiger partial charge in [0, 0.05) is 26.2 Å². The van der Waals surface area contributed by atoms with Gasteiger partial charge in [0.1, 0.15) is 12.1 Å².